The minimum atomic E-state index is -0.745. The highest BCUT2D eigenvalue weighted by molar-refractivity contribution is 5.67. The van der Waals surface area contributed by atoms with E-state index in [4.69, 9.17) is 14.6 Å². The van der Waals surface area contributed by atoms with Crippen LogP contribution in [0.15, 0.2) is 12.2 Å². The van der Waals surface area contributed by atoms with Crippen molar-refractivity contribution in [1.82, 2.24) is 4.90 Å². The van der Waals surface area contributed by atoms with Crippen molar-refractivity contribution < 1.29 is 24.2 Å². The van der Waals surface area contributed by atoms with E-state index in [1.54, 1.807) is 11.9 Å². The molecule has 0 aliphatic carbocycles. The molecule has 2 saturated heterocycles. The molecule has 0 aromatic rings. The first-order valence-electron chi connectivity index (χ1n) is 9.93. The van der Waals surface area contributed by atoms with Crippen molar-refractivity contribution >= 4 is 12.1 Å². The van der Waals surface area contributed by atoms with Crippen molar-refractivity contribution in [2.75, 3.05) is 20.2 Å². The molecule has 0 radical (unpaired) electrons. The van der Waals surface area contributed by atoms with E-state index >= 15 is 0 Å². The number of aliphatic carboxylic acids is 1. The number of carbonyl (C=O) groups excluding carboxylic acids is 1. The zero-order valence-electron chi connectivity index (χ0n) is 16.1. The van der Waals surface area contributed by atoms with Crippen molar-refractivity contribution in [3.63, 3.8) is 0 Å². The van der Waals surface area contributed by atoms with Gasteiger partial charge in [0.15, 0.2) is 0 Å². The highest BCUT2D eigenvalue weighted by Gasteiger charge is 2.48. The third-order valence-electron chi connectivity index (χ3n) is 5.48. The van der Waals surface area contributed by atoms with Crippen LogP contribution in [0.3, 0.4) is 0 Å². The maximum atomic E-state index is 12.1. The number of rotatable bonds is 11. The molecule has 4 atom stereocenters. The van der Waals surface area contributed by atoms with Gasteiger partial charge in [-0.3, -0.25) is 4.79 Å². The Morgan fingerprint density at radius 2 is 1.92 bits per heavy atom. The van der Waals surface area contributed by atoms with Gasteiger partial charge in [-0.25, -0.2) is 4.79 Å². The van der Waals surface area contributed by atoms with Crippen LogP contribution in [-0.4, -0.2) is 54.5 Å². The fourth-order valence-corrected chi connectivity index (χ4v) is 3.93. The number of nitrogens with zero attached hydrogens (tertiary/aromatic N) is 1. The van der Waals surface area contributed by atoms with Crippen molar-refractivity contribution in [2.45, 2.75) is 70.5 Å². The molecule has 0 unspecified atom stereocenters. The lowest BCUT2D eigenvalue weighted by Gasteiger charge is -2.27. The van der Waals surface area contributed by atoms with Gasteiger partial charge in [-0.05, 0) is 44.4 Å². The largest absolute Gasteiger partial charge is 0.481 e. The zero-order valence-corrected chi connectivity index (χ0v) is 16.1. The minimum Gasteiger partial charge on any atom is -0.481 e. The van der Waals surface area contributed by atoms with E-state index in [2.05, 4.69) is 19.1 Å². The maximum Gasteiger partial charge on any atom is 0.409 e. The molecular formula is C20H33NO5. The van der Waals surface area contributed by atoms with Gasteiger partial charge in [-0.2, -0.15) is 0 Å². The number of unbranched alkanes of at least 4 members (excludes halogenated alkanes) is 2. The Morgan fingerprint density at radius 1 is 1.19 bits per heavy atom. The van der Waals surface area contributed by atoms with Crippen LogP contribution in [0.5, 0.6) is 0 Å². The standard InChI is InChI=1S/C20H33NO5/c1-3-4-13-21(2)20(24)25-14-16-15(17-11-12-18(16)26-17)9-7-5-6-8-10-19(22)23/h5,7,15-18H,3-4,6,8-14H2,1-2H3,(H,22,23)/b7-5-/t15-,16-,17-,18+/m1/s1. The Bertz CT molecular complexity index is 493. The summed E-state index contributed by atoms with van der Waals surface area (Å²) < 4.78 is 11.6. The molecular weight excluding hydrogens is 334 g/mol. The molecule has 2 bridgehead atoms. The lowest BCUT2D eigenvalue weighted by atomic mass is 9.78. The first-order valence-corrected chi connectivity index (χ1v) is 9.93. The van der Waals surface area contributed by atoms with Crippen LogP contribution < -0.4 is 0 Å². The van der Waals surface area contributed by atoms with Crippen molar-refractivity contribution in [2.24, 2.45) is 11.8 Å². The first-order chi connectivity index (χ1) is 12.5. The molecule has 0 aromatic heterocycles. The van der Waals surface area contributed by atoms with E-state index < -0.39 is 5.97 Å². The van der Waals surface area contributed by atoms with E-state index in [0.717, 1.165) is 45.1 Å². The summed E-state index contributed by atoms with van der Waals surface area (Å²) in [6.45, 7) is 3.25. The maximum absolute atomic E-state index is 12.1. The molecule has 2 rings (SSSR count). The summed E-state index contributed by atoms with van der Waals surface area (Å²) in [6.07, 6.45) is 11.2. The van der Waals surface area contributed by atoms with Crippen molar-refractivity contribution in [3.05, 3.63) is 12.2 Å². The number of ether oxygens (including phenoxy) is 2. The third kappa shape index (κ3) is 6.01. The van der Waals surface area contributed by atoms with Gasteiger partial charge in [0.05, 0.1) is 18.8 Å². The van der Waals surface area contributed by atoms with E-state index in [1.165, 1.54) is 0 Å². The topological polar surface area (TPSA) is 76.1 Å². The fraction of sp³-hybridized carbons (Fsp3) is 0.800. The molecule has 0 aromatic carbocycles. The molecule has 6 heteroatoms. The summed E-state index contributed by atoms with van der Waals surface area (Å²) in [4.78, 5) is 24.3. The van der Waals surface area contributed by atoms with Crippen molar-refractivity contribution in [3.8, 4) is 0 Å². The smallest absolute Gasteiger partial charge is 0.409 e. The fourth-order valence-electron chi connectivity index (χ4n) is 3.93. The number of carbonyl (C=O) groups is 2. The second-order valence-electron chi connectivity index (χ2n) is 7.46. The Hall–Kier alpha value is -1.56. The second kappa shape index (κ2) is 10.6. The van der Waals surface area contributed by atoms with E-state index in [9.17, 15) is 9.59 Å². The normalized spacial score (nSPS) is 27.2. The number of amides is 1. The summed E-state index contributed by atoms with van der Waals surface area (Å²) >= 11 is 0. The SMILES string of the molecule is CCCCN(C)C(=O)OC[C@@H]1[C@@H](C/C=C\CCCC(=O)O)[C@H]2CC[C@@H]1O2. The molecule has 0 saturated carbocycles. The molecule has 2 aliphatic heterocycles. The predicted molar refractivity (Wildman–Crippen MR) is 99.0 cm³/mol. The average molecular weight is 367 g/mol. The molecule has 0 spiro atoms. The number of fused-ring (bicyclic) bond motifs is 2. The Morgan fingerprint density at radius 3 is 2.62 bits per heavy atom. The molecule has 26 heavy (non-hydrogen) atoms. The molecule has 148 valence electrons. The quantitative estimate of drug-likeness (QED) is 0.443. The van der Waals surface area contributed by atoms with Crippen LogP contribution in [0, 0.1) is 11.8 Å². The van der Waals surface area contributed by atoms with Gasteiger partial charge in [0.2, 0.25) is 0 Å². The Labute approximate surface area is 156 Å². The van der Waals surface area contributed by atoms with Gasteiger partial charge in [-0.15, -0.1) is 0 Å². The number of hydrogen-bond acceptors (Lipinski definition) is 4. The molecule has 1 N–H and O–H groups in total. The average Bonchev–Trinajstić information content (AvgIpc) is 3.21. The first kappa shape index (κ1) is 20.7. The van der Waals surface area contributed by atoms with E-state index in [1.807, 2.05) is 0 Å². The van der Waals surface area contributed by atoms with Crippen LogP contribution in [0.4, 0.5) is 4.79 Å². The number of carboxylic acid groups (broad SMARTS) is 1. The third-order valence-corrected chi connectivity index (χ3v) is 5.48. The summed E-state index contributed by atoms with van der Waals surface area (Å²) in [5.41, 5.74) is 0. The predicted octanol–water partition coefficient (Wildman–Crippen LogP) is 3.85. The van der Waals surface area contributed by atoms with E-state index in [0.29, 0.717) is 18.9 Å². The van der Waals surface area contributed by atoms with Crippen LogP contribution >= 0.6 is 0 Å². The van der Waals surface area contributed by atoms with Crippen LogP contribution in [0.2, 0.25) is 0 Å². The lowest BCUT2D eigenvalue weighted by molar-refractivity contribution is -0.137. The molecule has 6 nitrogen and oxygen atoms in total. The van der Waals surface area contributed by atoms with Crippen LogP contribution in [0.1, 0.15) is 58.3 Å². The number of allylic oxidation sites excluding steroid dienone is 2. The minimum absolute atomic E-state index is 0.208. The molecule has 2 aliphatic rings. The van der Waals surface area contributed by atoms with Gasteiger partial charge < -0.3 is 19.5 Å². The zero-order chi connectivity index (χ0) is 18.9. The molecule has 2 heterocycles. The summed E-state index contributed by atoms with van der Waals surface area (Å²) in [5.74, 6) is -0.0927. The second-order valence-corrected chi connectivity index (χ2v) is 7.46. The highest BCUT2D eigenvalue weighted by atomic mass is 16.6. The Balaban J connectivity index is 1.76. The van der Waals surface area contributed by atoms with E-state index in [-0.39, 0.29) is 30.6 Å². The molecule has 2 fully saturated rings. The monoisotopic (exact) mass is 367 g/mol. The summed E-state index contributed by atoms with van der Waals surface area (Å²) in [7, 11) is 1.78. The summed E-state index contributed by atoms with van der Waals surface area (Å²) in [5, 5.41) is 8.65. The Kier molecular flexibility index (Phi) is 8.42. The van der Waals surface area contributed by atoms with Crippen LogP contribution in [-0.2, 0) is 14.3 Å². The number of carboxylic acids is 1. The number of hydrogen-bond donors (Lipinski definition) is 1. The molecule has 1 amide bonds. The van der Waals surface area contributed by atoms with Gasteiger partial charge in [-0.1, -0.05) is 25.5 Å². The lowest BCUT2D eigenvalue weighted by Crippen LogP contribution is -2.35. The van der Waals surface area contributed by atoms with Crippen molar-refractivity contribution in [1.29, 1.82) is 0 Å². The van der Waals surface area contributed by atoms with Gasteiger partial charge in [0.25, 0.3) is 0 Å². The summed E-state index contributed by atoms with van der Waals surface area (Å²) in [6, 6.07) is 0. The highest BCUT2D eigenvalue weighted by Crippen LogP contribution is 2.45. The van der Waals surface area contributed by atoms with Gasteiger partial charge in [0, 0.05) is 25.9 Å². The van der Waals surface area contributed by atoms with Gasteiger partial charge in [0.1, 0.15) is 0 Å². The van der Waals surface area contributed by atoms with Gasteiger partial charge >= 0.3 is 12.1 Å². The van der Waals surface area contributed by atoms with Crippen LogP contribution in [0.25, 0.3) is 0 Å².